The SMILES string of the molecule is Cc1c(C(N)=O)ccc(N2C=C(C(=O)O)[C@H](c3cccc(F)c3)CC2=O)c1Cl. The number of carboxylic acids is 1. The zero-order chi connectivity index (χ0) is 20.6. The lowest BCUT2D eigenvalue weighted by Crippen LogP contribution is -2.34. The van der Waals surface area contributed by atoms with E-state index in [1.165, 1.54) is 36.5 Å². The molecule has 0 bridgehead atoms. The predicted molar refractivity (Wildman–Crippen MR) is 102 cm³/mol. The summed E-state index contributed by atoms with van der Waals surface area (Å²) in [5.41, 5.74) is 6.46. The van der Waals surface area contributed by atoms with Gasteiger partial charge in [-0.1, -0.05) is 23.7 Å². The van der Waals surface area contributed by atoms with Gasteiger partial charge in [-0.3, -0.25) is 14.5 Å². The topological polar surface area (TPSA) is 101 Å². The van der Waals surface area contributed by atoms with E-state index in [4.69, 9.17) is 17.3 Å². The van der Waals surface area contributed by atoms with Gasteiger partial charge in [0.2, 0.25) is 11.8 Å². The van der Waals surface area contributed by atoms with Crippen molar-refractivity contribution in [3.05, 3.63) is 75.7 Å². The summed E-state index contributed by atoms with van der Waals surface area (Å²) in [6.45, 7) is 1.58. The lowest BCUT2D eigenvalue weighted by molar-refractivity contribution is -0.133. The number of nitrogens with two attached hydrogens (primary N) is 1. The number of hydrogen-bond acceptors (Lipinski definition) is 3. The molecule has 1 aliphatic rings. The number of primary amides is 1. The molecule has 1 aliphatic heterocycles. The molecule has 0 aliphatic carbocycles. The Morgan fingerprint density at radius 1 is 1.29 bits per heavy atom. The first-order chi connectivity index (χ1) is 13.2. The van der Waals surface area contributed by atoms with Crippen LogP contribution in [0.4, 0.5) is 10.1 Å². The smallest absolute Gasteiger partial charge is 0.333 e. The fraction of sp³-hybridized carbons (Fsp3) is 0.150. The van der Waals surface area contributed by atoms with Crippen molar-refractivity contribution in [2.45, 2.75) is 19.3 Å². The zero-order valence-electron chi connectivity index (χ0n) is 14.8. The van der Waals surface area contributed by atoms with E-state index < -0.39 is 29.5 Å². The van der Waals surface area contributed by atoms with Gasteiger partial charge in [0, 0.05) is 24.1 Å². The summed E-state index contributed by atoms with van der Waals surface area (Å²) in [6.07, 6.45) is 1.02. The van der Waals surface area contributed by atoms with Crippen molar-refractivity contribution >= 4 is 35.1 Å². The van der Waals surface area contributed by atoms with Crippen LogP contribution in [0.1, 0.15) is 33.8 Å². The lowest BCUT2D eigenvalue weighted by Gasteiger charge is -2.30. The van der Waals surface area contributed by atoms with Gasteiger partial charge in [-0.2, -0.15) is 0 Å². The van der Waals surface area contributed by atoms with Crippen LogP contribution >= 0.6 is 11.6 Å². The number of nitrogens with zero attached hydrogens (tertiary/aromatic N) is 1. The van der Waals surface area contributed by atoms with Crippen LogP contribution in [0.2, 0.25) is 5.02 Å². The van der Waals surface area contributed by atoms with E-state index in [-0.39, 0.29) is 28.3 Å². The number of carboxylic acid groups (broad SMARTS) is 1. The Kier molecular flexibility index (Phi) is 5.20. The van der Waals surface area contributed by atoms with Crippen LogP contribution in [0, 0.1) is 12.7 Å². The van der Waals surface area contributed by atoms with Gasteiger partial charge in [0.05, 0.1) is 16.3 Å². The largest absolute Gasteiger partial charge is 0.478 e. The van der Waals surface area contributed by atoms with Crippen molar-refractivity contribution in [3.63, 3.8) is 0 Å². The average Bonchev–Trinajstić information content (AvgIpc) is 2.63. The van der Waals surface area contributed by atoms with E-state index in [1.54, 1.807) is 13.0 Å². The quantitative estimate of drug-likeness (QED) is 0.818. The number of halogens is 2. The van der Waals surface area contributed by atoms with Gasteiger partial charge in [-0.05, 0) is 42.3 Å². The van der Waals surface area contributed by atoms with Crippen molar-refractivity contribution in [3.8, 4) is 0 Å². The lowest BCUT2D eigenvalue weighted by atomic mass is 9.85. The van der Waals surface area contributed by atoms with E-state index in [0.717, 1.165) is 4.90 Å². The Bertz CT molecular complexity index is 1030. The number of carbonyl (C=O) groups excluding carboxylic acids is 2. The number of aliphatic carboxylic acids is 1. The number of rotatable bonds is 4. The summed E-state index contributed by atoms with van der Waals surface area (Å²) in [6, 6.07) is 8.36. The summed E-state index contributed by atoms with van der Waals surface area (Å²) in [4.78, 5) is 37.2. The summed E-state index contributed by atoms with van der Waals surface area (Å²) < 4.78 is 13.6. The summed E-state index contributed by atoms with van der Waals surface area (Å²) >= 11 is 6.31. The second kappa shape index (κ2) is 7.44. The molecule has 0 aromatic heterocycles. The van der Waals surface area contributed by atoms with Crippen LogP contribution < -0.4 is 10.6 Å². The third-order valence-corrected chi connectivity index (χ3v) is 5.16. The molecule has 2 aromatic carbocycles. The second-order valence-corrected chi connectivity index (χ2v) is 6.78. The van der Waals surface area contributed by atoms with E-state index in [9.17, 15) is 23.9 Å². The molecule has 1 heterocycles. The van der Waals surface area contributed by atoms with Gasteiger partial charge in [0.15, 0.2) is 0 Å². The first kappa shape index (κ1) is 19.6. The number of amides is 2. The summed E-state index contributed by atoms with van der Waals surface area (Å²) in [7, 11) is 0. The fourth-order valence-electron chi connectivity index (χ4n) is 3.24. The Hall–Kier alpha value is -3.19. The average molecular weight is 403 g/mol. The molecule has 0 unspecified atom stereocenters. The second-order valence-electron chi connectivity index (χ2n) is 6.40. The van der Waals surface area contributed by atoms with Gasteiger partial charge in [0.25, 0.3) is 0 Å². The third-order valence-electron chi connectivity index (χ3n) is 4.68. The number of carbonyl (C=O) groups is 3. The molecule has 0 saturated heterocycles. The molecule has 3 N–H and O–H groups in total. The molecule has 28 heavy (non-hydrogen) atoms. The van der Waals surface area contributed by atoms with Gasteiger partial charge >= 0.3 is 5.97 Å². The molecule has 1 atom stereocenters. The van der Waals surface area contributed by atoms with Crippen LogP contribution in [-0.2, 0) is 9.59 Å². The molecule has 6 nitrogen and oxygen atoms in total. The van der Waals surface area contributed by atoms with Crippen LogP contribution in [0.25, 0.3) is 0 Å². The van der Waals surface area contributed by atoms with Crippen molar-refractivity contribution in [1.82, 2.24) is 0 Å². The van der Waals surface area contributed by atoms with Gasteiger partial charge in [-0.25, -0.2) is 9.18 Å². The first-order valence-corrected chi connectivity index (χ1v) is 8.70. The van der Waals surface area contributed by atoms with Crippen LogP contribution in [0.15, 0.2) is 48.2 Å². The molecule has 2 amide bonds. The van der Waals surface area contributed by atoms with Gasteiger partial charge < -0.3 is 10.8 Å². The van der Waals surface area contributed by atoms with Crippen LogP contribution in [0.5, 0.6) is 0 Å². The Balaban J connectivity index is 2.09. The number of anilines is 1. The highest BCUT2D eigenvalue weighted by molar-refractivity contribution is 6.35. The maximum atomic E-state index is 13.6. The zero-order valence-corrected chi connectivity index (χ0v) is 15.5. The van der Waals surface area contributed by atoms with E-state index >= 15 is 0 Å². The van der Waals surface area contributed by atoms with Crippen LogP contribution in [-0.4, -0.2) is 22.9 Å². The fourth-order valence-corrected chi connectivity index (χ4v) is 3.49. The molecule has 0 saturated carbocycles. The third kappa shape index (κ3) is 3.48. The minimum Gasteiger partial charge on any atom is -0.478 e. The molecule has 0 spiro atoms. The molecule has 0 radical (unpaired) electrons. The monoisotopic (exact) mass is 402 g/mol. The Morgan fingerprint density at radius 2 is 2.00 bits per heavy atom. The summed E-state index contributed by atoms with van der Waals surface area (Å²) in [5, 5.41) is 9.76. The molecule has 8 heteroatoms. The molecular weight excluding hydrogens is 387 g/mol. The summed E-state index contributed by atoms with van der Waals surface area (Å²) in [5.74, 6) is -3.61. The van der Waals surface area contributed by atoms with Crippen molar-refractivity contribution in [2.75, 3.05) is 4.90 Å². The maximum absolute atomic E-state index is 13.6. The highest BCUT2D eigenvalue weighted by Gasteiger charge is 2.34. The van der Waals surface area contributed by atoms with E-state index in [1.807, 2.05) is 0 Å². The normalized spacial score (nSPS) is 16.7. The van der Waals surface area contributed by atoms with Crippen molar-refractivity contribution in [1.29, 1.82) is 0 Å². The molecule has 2 aromatic rings. The Labute approximate surface area is 165 Å². The minimum absolute atomic E-state index is 0.0714. The number of benzene rings is 2. The van der Waals surface area contributed by atoms with Gasteiger partial charge in [0.1, 0.15) is 5.82 Å². The maximum Gasteiger partial charge on any atom is 0.333 e. The minimum atomic E-state index is -1.23. The molecule has 3 rings (SSSR count). The molecule has 144 valence electrons. The number of hydrogen-bond donors (Lipinski definition) is 2. The van der Waals surface area contributed by atoms with E-state index in [0.29, 0.717) is 11.1 Å². The first-order valence-electron chi connectivity index (χ1n) is 8.32. The van der Waals surface area contributed by atoms with Crippen LogP contribution in [0.3, 0.4) is 0 Å². The molecular formula is C20H16ClFN2O4. The van der Waals surface area contributed by atoms with E-state index in [2.05, 4.69) is 0 Å². The highest BCUT2D eigenvalue weighted by Crippen LogP contribution is 2.38. The van der Waals surface area contributed by atoms with Crippen molar-refractivity contribution in [2.24, 2.45) is 5.73 Å². The van der Waals surface area contributed by atoms with Gasteiger partial charge in [-0.15, -0.1) is 0 Å². The Morgan fingerprint density at radius 3 is 2.61 bits per heavy atom. The standard InChI is InChI=1S/C20H16ClFN2O4/c1-10-13(19(23)26)5-6-16(18(10)21)24-9-15(20(27)28)14(8-17(24)25)11-3-2-4-12(22)7-11/h2-7,9,14H,8H2,1H3,(H2,23,26)(H,27,28)/t14-/m0/s1. The molecule has 0 fully saturated rings. The van der Waals surface area contributed by atoms with Crippen molar-refractivity contribution < 1.29 is 23.9 Å². The highest BCUT2D eigenvalue weighted by atomic mass is 35.5. The predicted octanol–water partition coefficient (Wildman–Crippen LogP) is 3.38.